The molecule has 0 spiro atoms. The number of aliphatic hydroxyl groups excluding tert-OH is 1. The van der Waals surface area contributed by atoms with Crippen molar-refractivity contribution in [1.82, 2.24) is 25.9 Å². The number of amides is 4. The van der Waals surface area contributed by atoms with E-state index in [1.807, 2.05) is 6.26 Å². The van der Waals surface area contributed by atoms with Crippen LogP contribution in [0.25, 0.3) is 0 Å². The van der Waals surface area contributed by atoms with E-state index in [2.05, 4.69) is 25.9 Å². The minimum absolute atomic E-state index is 0.110. The number of imidazole rings is 1. The second kappa shape index (κ2) is 14.9. The highest BCUT2D eigenvalue weighted by Crippen LogP contribution is 2.04. The Morgan fingerprint density at radius 3 is 2.21 bits per heavy atom. The molecule has 1 aromatic heterocycles. The minimum atomic E-state index is -1.42. The van der Waals surface area contributed by atoms with Gasteiger partial charge < -0.3 is 42.6 Å². The lowest BCUT2D eigenvalue weighted by molar-refractivity contribution is -0.142. The van der Waals surface area contributed by atoms with Gasteiger partial charge in [-0.1, -0.05) is 0 Å². The fourth-order valence-corrected chi connectivity index (χ4v) is 3.25. The van der Waals surface area contributed by atoms with Crippen LogP contribution in [0.3, 0.4) is 0 Å². The molecule has 4 amide bonds. The van der Waals surface area contributed by atoms with E-state index in [4.69, 9.17) is 11.5 Å². The lowest BCUT2D eigenvalue weighted by Gasteiger charge is -2.24. The Kier molecular flexibility index (Phi) is 12.6. The molecule has 0 radical (unpaired) electrons. The van der Waals surface area contributed by atoms with Gasteiger partial charge in [0, 0.05) is 24.7 Å². The third kappa shape index (κ3) is 10.2. The number of aromatic amines is 1. The van der Waals surface area contributed by atoms with Crippen molar-refractivity contribution in [1.29, 1.82) is 0 Å². The molecule has 15 heteroatoms. The lowest BCUT2D eigenvalue weighted by atomic mass is 10.1. The first-order valence-corrected chi connectivity index (χ1v) is 11.7. The highest BCUT2D eigenvalue weighted by molar-refractivity contribution is 7.98. The first kappa shape index (κ1) is 28.9. The maximum Gasteiger partial charge on any atom is 0.326 e. The van der Waals surface area contributed by atoms with Crippen LogP contribution in [0.4, 0.5) is 0 Å². The van der Waals surface area contributed by atoms with E-state index in [1.54, 1.807) is 0 Å². The number of hydrogen-bond donors (Lipinski definition) is 8. The number of carbonyl (C=O) groups is 5. The topological polar surface area (TPSA) is 243 Å². The molecule has 0 bridgehead atoms. The van der Waals surface area contributed by atoms with Crippen LogP contribution in [0.15, 0.2) is 12.5 Å². The van der Waals surface area contributed by atoms with Crippen LogP contribution in [0.1, 0.15) is 25.0 Å². The number of nitrogens with one attached hydrogen (secondary N) is 4. The number of H-pyrrole nitrogens is 1. The molecule has 1 heterocycles. The summed E-state index contributed by atoms with van der Waals surface area (Å²) in [6.07, 6.45) is 4.31. The minimum Gasteiger partial charge on any atom is -0.480 e. The Hall–Kier alpha value is -3.17. The van der Waals surface area contributed by atoms with Crippen LogP contribution in [-0.4, -0.2) is 92.6 Å². The van der Waals surface area contributed by atoms with E-state index in [9.17, 15) is 34.2 Å². The van der Waals surface area contributed by atoms with E-state index < -0.39 is 60.4 Å². The predicted molar refractivity (Wildman–Crippen MR) is 122 cm³/mol. The summed E-state index contributed by atoms with van der Waals surface area (Å²) in [5.74, 6) is -3.93. The summed E-state index contributed by atoms with van der Waals surface area (Å²) in [6, 6.07) is -5.04. The summed E-state index contributed by atoms with van der Waals surface area (Å²) in [5, 5.41) is 25.9. The number of aromatic nitrogens is 2. The van der Waals surface area contributed by atoms with E-state index in [0.717, 1.165) is 0 Å². The first-order chi connectivity index (χ1) is 16.1. The van der Waals surface area contributed by atoms with Crippen molar-refractivity contribution in [3.8, 4) is 0 Å². The molecule has 0 aliphatic heterocycles. The highest BCUT2D eigenvalue weighted by Gasteiger charge is 2.30. The number of nitrogens with zero attached hydrogens (tertiary/aromatic N) is 1. The van der Waals surface area contributed by atoms with Crippen LogP contribution in [0.5, 0.6) is 0 Å². The van der Waals surface area contributed by atoms with Crippen LogP contribution in [0, 0.1) is 0 Å². The molecule has 1 aromatic rings. The zero-order valence-electron chi connectivity index (χ0n) is 18.7. The quantitative estimate of drug-likeness (QED) is 0.113. The average molecular weight is 502 g/mol. The third-order valence-electron chi connectivity index (χ3n) is 4.69. The largest absolute Gasteiger partial charge is 0.480 e. The number of carbonyl (C=O) groups excluding carboxylic acids is 4. The van der Waals surface area contributed by atoms with Crippen molar-refractivity contribution in [2.75, 3.05) is 18.6 Å². The maximum atomic E-state index is 12.8. The van der Waals surface area contributed by atoms with Gasteiger partial charge in [-0.15, -0.1) is 0 Å². The molecule has 34 heavy (non-hydrogen) atoms. The van der Waals surface area contributed by atoms with Crippen LogP contribution < -0.4 is 27.4 Å². The molecule has 0 saturated carbocycles. The molecule has 0 saturated heterocycles. The Bertz CT molecular complexity index is 837. The van der Waals surface area contributed by atoms with Crippen molar-refractivity contribution in [2.24, 2.45) is 11.5 Å². The number of thioether (sulfide) groups is 1. The van der Waals surface area contributed by atoms with Gasteiger partial charge >= 0.3 is 5.97 Å². The van der Waals surface area contributed by atoms with Crippen molar-refractivity contribution in [3.63, 3.8) is 0 Å². The molecule has 4 atom stereocenters. The molecule has 0 aromatic carbocycles. The van der Waals surface area contributed by atoms with E-state index in [0.29, 0.717) is 17.9 Å². The molecule has 190 valence electrons. The maximum absolute atomic E-state index is 12.8. The number of carboxylic acid groups (broad SMARTS) is 1. The number of rotatable bonds is 16. The van der Waals surface area contributed by atoms with E-state index in [1.165, 1.54) is 24.3 Å². The van der Waals surface area contributed by atoms with Gasteiger partial charge in [-0.3, -0.25) is 19.2 Å². The highest BCUT2D eigenvalue weighted by atomic mass is 32.2. The first-order valence-electron chi connectivity index (χ1n) is 10.3. The zero-order valence-corrected chi connectivity index (χ0v) is 19.5. The van der Waals surface area contributed by atoms with Crippen molar-refractivity contribution in [2.45, 2.75) is 49.9 Å². The van der Waals surface area contributed by atoms with Crippen molar-refractivity contribution < 1.29 is 34.2 Å². The molecule has 0 aliphatic carbocycles. The van der Waals surface area contributed by atoms with Gasteiger partial charge in [-0.2, -0.15) is 11.8 Å². The summed E-state index contributed by atoms with van der Waals surface area (Å²) in [6.45, 7) is -0.783. The molecule has 1 rings (SSSR count). The molecule has 0 aliphatic rings. The monoisotopic (exact) mass is 501 g/mol. The fourth-order valence-electron chi connectivity index (χ4n) is 2.77. The number of aliphatic hydroxyl groups is 1. The number of hydrogen-bond acceptors (Lipinski definition) is 9. The van der Waals surface area contributed by atoms with Crippen molar-refractivity contribution in [3.05, 3.63) is 18.2 Å². The van der Waals surface area contributed by atoms with Crippen LogP contribution in [-0.2, 0) is 30.4 Å². The van der Waals surface area contributed by atoms with E-state index in [-0.39, 0.29) is 19.3 Å². The summed E-state index contributed by atoms with van der Waals surface area (Å²) >= 11 is 1.49. The third-order valence-corrected chi connectivity index (χ3v) is 5.34. The van der Waals surface area contributed by atoms with Gasteiger partial charge in [0.1, 0.15) is 18.1 Å². The summed E-state index contributed by atoms with van der Waals surface area (Å²) < 4.78 is 0. The smallest absolute Gasteiger partial charge is 0.326 e. The number of aliphatic carboxylic acids is 1. The van der Waals surface area contributed by atoms with Gasteiger partial charge in [0.15, 0.2) is 0 Å². The second-order valence-electron chi connectivity index (χ2n) is 7.38. The van der Waals surface area contributed by atoms with Crippen LogP contribution >= 0.6 is 11.8 Å². The Morgan fingerprint density at radius 2 is 1.68 bits per heavy atom. The summed E-state index contributed by atoms with van der Waals surface area (Å²) in [7, 11) is 0. The molecule has 4 unspecified atom stereocenters. The Labute approximate surface area is 200 Å². The Balaban J connectivity index is 2.88. The van der Waals surface area contributed by atoms with Gasteiger partial charge in [-0.05, 0) is 24.9 Å². The standard InChI is InChI=1S/C19H31N7O7S/c1-34-5-4-11(20)16(29)26-14(8-27)18(31)24-12(2-3-15(21)28)17(30)25-13(19(32)33)6-10-7-22-9-23-10/h7,9,11-14,27H,2-6,8,20H2,1H3,(H2,21,28)(H,22,23)(H,24,31)(H,25,30)(H,26,29)(H,32,33). The number of primary amides is 1. The molecule has 14 nitrogen and oxygen atoms in total. The van der Waals surface area contributed by atoms with Gasteiger partial charge in [0.05, 0.1) is 19.0 Å². The second-order valence-corrected chi connectivity index (χ2v) is 8.36. The molecule has 0 fully saturated rings. The molecule has 10 N–H and O–H groups in total. The van der Waals surface area contributed by atoms with Crippen molar-refractivity contribution >= 4 is 41.4 Å². The molecular weight excluding hydrogens is 470 g/mol. The van der Waals surface area contributed by atoms with Crippen LogP contribution in [0.2, 0.25) is 0 Å². The summed E-state index contributed by atoms with van der Waals surface area (Å²) in [5.41, 5.74) is 11.3. The Morgan fingerprint density at radius 1 is 1.06 bits per heavy atom. The fraction of sp³-hybridized carbons (Fsp3) is 0.579. The zero-order chi connectivity index (χ0) is 25.7. The average Bonchev–Trinajstić information content (AvgIpc) is 3.30. The lowest BCUT2D eigenvalue weighted by Crippen LogP contribution is -2.58. The molecular formula is C19H31N7O7S. The number of nitrogens with two attached hydrogens (primary N) is 2. The van der Waals surface area contributed by atoms with Gasteiger partial charge in [0.25, 0.3) is 0 Å². The normalized spacial score (nSPS) is 14.3. The SMILES string of the molecule is CSCCC(N)C(=O)NC(CO)C(=O)NC(CCC(N)=O)C(=O)NC(Cc1cnc[nH]1)C(=O)O. The van der Waals surface area contributed by atoms with Gasteiger partial charge in [-0.25, -0.2) is 9.78 Å². The summed E-state index contributed by atoms with van der Waals surface area (Å²) in [4.78, 5) is 66.9. The predicted octanol–water partition coefficient (Wildman–Crippen LogP) is -3.17. The van der Waals surface area contributed by atoms with E-state index >= 15 is 0 Å². The number of carboxylic acids is 1. The van der Waals surface area contributed by atoms with Gasteiger partial charge in [0.2, 0.25) is 23.6 Å².